The van der Waals surface area contributed by atoms with Crippen LogP contribution in [0.25, 0.3) is 0 Å². The van der Waals surface area contributed by atoms with Crippen LogP contribution in [0.4, 0.5) is 0 Å². The average Bonchev–Trinajstić information content (AvgIpc) is 2.46. The Hall–Kier alpha value is 0.137. The van der Waals surface area contributed by atoms with E-state index >= 15 is 0 Å². The van der Waals surface area contributed by atoms with Crippen LogP contribution < -0.4 is 0 Å². The van der Waals surface area contributed by atoms with Crippen molar-refractivity contribution in [1.82, 2.24) is 0 Å². The van der Waals surface area contributed by atoms with Gasteiger partial charge in [-0.05, 0) is 37.5 Å². The Labute approximate surface area is 115 Å². The lowest BCUT2D eigenvalue weighted by molar-refractivity contribution is -0.0540. The minimum absolute atomic E-state index is 0.544. The highest BCUT2D eigenvalue weighted by molar-refractivity contribution is 5.97. The van der Waals surface area contributed by atoms with Crippen molar-refractivity contribution in [2.75, 3.05) is 13.2 Å². The van der Waals surface area contributed by atoms with Gasteiger partial charge in [-0.3, -0.25) is 0 Å². The molecule has 0 heterocycles. The van der Waals surface area contributed by atoms with Crippen LogP contribution in [0.2, 0.25) is 0 Å². The topological polar surface area (TPSA) is 18.5 Å². The van der Waals surface area contributed by atoms with E-state index in [0.717, 1.165) is 35.5 Å². The van der Waals surface area contributed by atoms with Crippen molar-refractivity contribution >= 4 is 10.5 Å². The summed E-state index contributed by atoms with van der Waals surface area (Å²) < 4.78 is 11.5. The molecule has 0 unspecified atom stereocenters. The molecule has 0 amide bonds. The molecule has 0 N–H and O–H groups in total. The summed E-state index contributed by atoms with van der Waals surface area (Å²) in [5.41, 5.74) is 0. The summed E-state index contributed by atoms with van der Waals surface area (Å²) in [4.78, 5) is 0. The molecule has 3 heteroatoms. The molecule has 0 aromatic rings. The summed E-state index contributed by atoms with van der Waals surface area (Å²) in [6.45, 7) is 1.63. The van der Waals surface area contributed by atoms with E-state index in [1.165, 1.54) is 64.2 Å². The number of hydrogen-bond acceptors (Lipinski definition) is 2. The summed E-state index contributed by atoms with van der Waals surface area (Å²) >= 11 is 0. The fraction of sp³-hybridized carbons (Fsp3) is 1.00. The van der Waals surface area contributed by atoms with E-state index in [1.54, 1.807) is 0 Å². The Balaban J connectivity index is 1.87. The molecule has 2 aliphatic rings. The fourth-order valence-electron chi connectivity index (χ4n) is 3.85. The fourth-order valence-corrected chi connectivity index (χ4v) is 4.02. The SMILES string of the molecule is [SiH3]OCCOC(C1CCCCC1)C1CCCCC1. The highest BCUT2D eigenvalue weighted by atomic mass is 28.2. The van der Waals surface area contributed by atoms with E-state index in [9.17, 15) is 0 Å². The van der Waals surface area contributed by atoms with Gasteiger partial charge in [0.25, 0.3) is 0 Å². The maximum absolute atomic E-state index is 6.26. The van der Waals surface area contributed by atoms with Crippen molar-refractivity contribution < 1.29 is 9.16 Å². The third kappa shape index (κ3) is 4.36. The van der Waals surface area contributed by atoms with Crippen LogP contribution in [0, 0.1) is 11.8 Å². The van der Waals surface area contributed by atoms with Gasteiger partial charge >= 0.3 is 0 Å². The largest absolute Gasteiger partial charge is 0.426 e. The zero-order valence-corrected chi connectivity index (χ0v) is 14.0. The Morgan fingerprint density at radius 1 is 0.778 bits per heavy atom. The number of hydrogen-bond donors (Lipinski definition) is 0. The highest BCUT2D eigenvalue weighted by Gasteiger charge is 2.31. The van der Waals surface area contributed by atoms with Crippen molar-refractivity contribution in [3.8, 4) is 0 Å². The number of ether oxygens (including phenoxy) is 1. The number of rotatable bonds is 6. The van der Waals surface area contributed by atoms with Gasteiger partial charge in [0.05, 0.1) is 19.3 Å². The monoisotopic (exact) mass is 270 g/mol. The second kappa shape index (κ2) is 8.34. The standard InChI is InChI=1S/C15H30O2Si/c18-17-12-11-16-15(13-7-3-1-4-8-13)14-9-5-2-6-10-14/h13-15H,1-12H2,18H3. The first-order valence-corrected chi connectivity index (χ1v) is 8.84. The van der Waals surface area contributed by atoms with E-state index in [2.05, 4.69) is 0 Å². The first-order chi connectivity index (χ1) is 8.92. The Morgan fingerprint density at radius 3 is 1.72 bits per heavy atom. The summed E-state index contributed by atoms with van der Waals surface area (Å²) in [6, 6.07) is 0. The summed E-state index contributed by atoms with van der Waals surface area (Å²) in [7, 11) is 0.839. The van der Waals surface area contributed by atoms with Crippen molar-refractivity contribution in [2.45, 2.75) is 70.3 Å². The molecule has 0 spiro atoms. The zero-order chi connectivity index (χ0) is 12.6. The van der Waals surface area contributed by atoms with E-state index in [0.29, 0.717) is 6.10 Å². The molecule has 0 atom stereocenters. The van der Waals surface area contributed by atoms with Crippen LogP contribution in [0.5, 0.6) is 0 Å². The molecule has 2 saturated carbocycles. The van der Waals surface area contributed by atoms with Crippen LogP contribution in [0.1, 0.15) is 64.2 Å². The molecule has 0 aliphatic heterocycles. The molecule has 106 valence electrons. The van der Waals surface area contributed by atoms with Gasteiger partial charge in [0.15, 0.2) is 0 Å². The van der Waals surface area contributed by atoms with E-state index < -0.39 is 0 Å². The summed E-state index contributed by atoms with van der Waals surface area (Å²) in [6.07, 6.45) is 14.8. The van der Waals surface area contributed by atoms with Gasteiger partial charge in [-0.15, -0.1) is 0 Å². The maximum Gasteiger partial charge on any atom is 0.146 e. The predicted molar refractivity (Wildman–Crippen MR) is 78.8 cm³/mol. The molecule has 2 rings (SSSR count). The van der Waals surface area contributed by atoms with E-state index in [-0.39, 0.29) is 0 Å². The summed E-state index contributed by atoms with van der Waals surface area (Å²) in [5.74, 6) is 1.69. The van der Waals surface area contributed by atoms with Gasteiger partial charge in [-0.2, -0.15) is 0 Å². The molecule has 0 radical (unpaired) electrons. The quantitative estimate of drug-likeness (QED) is 0.546. The third-order valence-corrected chi connectivity index (χ3v) is 5.23. The molecular weight excluding hydrogens is 240 g/mol. The normalized spacial score (nSPS) is 23.8. The van der Waals surface area contributed by atoms with Crippen molar-refractivity contribution in [1.29, 1.82) is 0 Å². The minimum atomic E-state index is 0.544. The maximum atomic E-state index is 6.26. The smallest absolute Gasteiger partial charge is 0.146 e. The van der Waals surface area contributed by atoms with Crippen molar-refractivity contribution in [2.24, 2.45) is 11.8 Å². The van der Waals surface area contributed by atoms with Gasteiger partial charge in [0.1, 0.15) is 10.5 Å². The van der Waals surface area contributed by atoms with Crippen LogP contribution >= 0.6 is 0 Å². The van der Waals surface area contributed by atoms with Crippen LogP contribution in [-0.2, 0) is 9.16 Å². The Morgan fingerprint density at radius 2 is 1.28 bits per heavy atom. The third-order valence-electron chi connectivity index (χ3n) is 4.83. The lowest BCUT2D eigenvalue weighted by atomic mass is 9.75. The van der Waals surface area contributed by atoms with Crippen LogP contribution in [0.15, 0.2) is 0 Å². The van der Waals surface area contributed by atoms with Gasteiger partial charge in [0, 0.05) is 0 Å². The average molecular weight is 270 g/mol. The molecule has 18 heavy (non-hydrogen) atoms. The van der Waals surface area contributed by atoms with Gasteiger partial charge < -0.3 is 9.16 Å². The van der Waals surface area contributed by atoms with Gasteiger partial charge in [-0.25, -0.2) is 0 Å². The van der Waals surface area contributed by atoms with Crippen LogP contribution in [-0.4, -0.2) is 29.8 Å². The predicted octanol–water partition coefficient (Wildman–Crippen LogP) is 2.83. The molecule has 0 aromatic carbocycles. The van der Waals surface area contributed by atoms with Crippen LogP contribution in [0.3, 0.4) is 0 Å². The second-order valence-corrected chi connectivity index (χ2v) is 6.70. The highest BCUT2D eigenvalue weighted by Crippen LogP contribution is 2.37. The van der Waals surface area contributed by atoms with E-state index in [1.807, 2.05) is 0 Å². The van der Waals surface area contributed by atoms with Gasteiger partial charge in [-0.1, -0.05) is 38.5 Å². The molecule has 2 nitrogen and oxygen atoms in total. The molecule has 2 fully saturated rings. The first-order valence-electron chi connectivity index (χ1n) is 8.02. The minimum Gasteiger partial charge on any atom is -0.426 e. The first kappa shape index (κ1) is 14.5. The van der Waals surface area contributed by atoms with Gasteiger partial charge in [0.2, 0.25) is 0 Å². The second-order valence-electron chi connectivity index (χ2n) is 6.12. The van der Waals surface area contributed by atoms with Crippen molar-refractivity contribution in [3.63, 3.8) is 0 Å². The Bertz CT molecular complexity index is 193. The molecule has 0 aromatic heterocycles. The molecule has 0 bridgehead atoms. The lowest BCUT2D eigenvalue weighted by Crippen LogP contribution is -2.35. The molecule has 0 saturated heterocycles. The Kier molecular flexibility index (Phi) is 6.74. The van der Waals surface area contributed by atoms with E-state index in [4.69, 9.17) is 9.16 Å². The molecule has 2 aliphatic carbocycles. The molecular formula is C15H30O2Si. The van der Waals surface area contributed by atoms with Crippen molar-refractivity contribution in [3.05, 3.63) is 0 Å². The summed E-state index contributed by atoms with van der Waals surface area (Å²) in [5, 5.41) is 0. The zero-order valence-electron chi connectivity index (χ0n) is 12.0. The lowest BCUT2D eigenvalue weighted by Gasteiger charge is -2.37.